The Morgan fingerprint density at radius 2 is 1.85 bits per heavy atom. The van der Waals surface area contributed by atoms with Crippen LogP contribution in [0, 0.1) is 45.3 Å². The quantitative estimate of drug-likeness (QED) is 0.467. The normalized spacial score (nSPS) is 43.1. The average Bonchev–Trinajstić information content (AvgIpc) is 3.09. The van der Waals surface area contributed by atoms with Gasteiger partial charge < -0.3 is 5.11 Å². The molecule has 1 heteroatoms. The molecule has 0 bridgehead atoms. The smallest absolute Gasteiger partial charge is 0.0462 e. The van der Waals surface area contributed by atoms with Crippen molar-refractivity contribution in [2.24, 2.45) is 45.3 Å². The minimum Gasteiger partial charge on any atom is -0.396 e. The molecule has 0 saturated heterocycles. The zero-order valence-electron chi connectivity index (χ0n) is 20.9. The highest BCUT2D eigenvalue weighted by Crippen LogP contribution is 2.87. The van der Waals surface area contributed by atoms with Crippen LogP contribution in [-0.2, 0) is 6.42 Å². The Kier molecular flexibility index (Phi) is 4.78. The molecule has 0 aliphatic heterocycles. The number of hydrogen-bond donors (Lipinski definition) is 1. The van der Waals surface area contributed by atoms with Crippen molar-refractivity contribution in [2.75, 3.05) is 6.61 Å². The molecule has 0 heterocycles. The van der Waals surface area contributed by atoms with E-state index >= 15 is 0 Å². The Labute approximate surface area is 201 Å². The first-order chi connectivity index (χ1) is 15.8. The van der Waals surface area contributed by atoms with Gasteiger partial charge in [-0.05, 0) is 91.4 Å². The molecule has 0 amide bonds. The summed E-state index contributed by atoms with van der Waals surface area (Å²) in [5.41, 5.74) is 5.82. The lowest BCUT2D eigenvalue weighted by Crippen LogP contribution is -2.51. The topological polar surface area (TPSA) is 20.2 Å². The SMILES string of the molecule is C=C1C=C2C3(CCC(CC(CO)Cc4ccccc4)C3)CCC3CC=CC4(C1C4(C)C)C23C. The van der Waals surface area contributed by atoms with E-state index in [4.69, 9.17) is 0 Å². The molecule has 3 fully saturated rings. The Balaban J connectivity index is 1.28. The van der Waals surface area contributed by atoms with E-state index < -0.39 is 0 Å². The minimum atomic E-state index is 0.288. The van der Waals surface area contributed by atoms with Crippen molar-refractivity contribution in [1.82, 2.24) is 0 Å². The van der Waals surface area contributed by atoms with E-state index in [0.29, 0.717) is 34.7 Å². The van der Waals surface area contributed by atoms with Gasteiger partial charge in [-0.3, -0.25) is 0 Å². The highest BCUT2D eigenvalue weighted by molar-refractivity contribution is 5.55. The van der Waals surface area contributed by atoms with Crippen LogP contribution in [0.3, 0.4) is 0 Å². The van der Waals surface area contributed by atoms with Gasteiger partial charge >= 0.3 is 0 Å². The van der Waals surface area contributed by atoms with Gasteiger partial charge in [-0.1, -0.05) is 87.1 Å². The molecule has 1 aromatic carbocycles. The lowest BCUT2D eigenvalue weighted by Gasteiger charge is -2.60. The standard InChI is InChI=1S/C32H42O/c1-22-17-27-30(4)26(11-8-14-32(30)28(22)29(32,2)3)13-16-31(27)15-12-24(20-31)19-25(21-33)18-23-9-6-5-7-10-23/h5-10,14,17,24-26,28,33H,1,11-13,15-16,18-21H2,2-4H3. The zero-order chi connectivity index (χ0) is 23.1. The van der Waals surface area contributed by atoms with E-state index in [1.54, 1.807) is 5.57 Å². The predicted molar refractivity (Wildman–Crippen MR) is 137 cm³/mol. The Hall–Kier alpha value is -1.60. The summed E-state index contributed by atoms with van der Waals surface area (Å²) in [5.74, 6) is 2.53. The molecule has 0 radical (unpaired) electrons. The lowest BCUT2D eigenvalue weighted by atomic mass is 9.44. The van der Waals surface area contributed by atoms with Crippen LogP contribution in [0.2, 0.25) is 0 Å². The molecule has 176 valence electrons. The molecular weight excluding hydrogens is 400 g/mol. The van der Waals surface area contributed by atoms with Crippen LogP contribution in [0.15, 0.2) is 66.3 Å². The van der Waals surface area contributed by atoms with Crippen molar-refractivity contribution < 1.29 is 5.11 Å². The molecule has 0 aromatic heterocycles. The maximum atomic E-state index is 10.2. The van der Waals surface area contributed by atoms with Crippen LogP contribution in [0.25, 0.3) is 0 Å². The number of hydrogen-bond acceptors (Lipinski definition) is 1. The van der Waals surface area contributed by atoms with Crippen molar-refractivity contribution in [3.8, 4) is 0 Å². The van der Waals surface area contributed by atoms with E-state index in [1.807, 2.05) is 0 Å². The van der Waals surface area contributed by atoms with Gasteiger partial charge in [0.2, 0.25) is 0 Å². The second-order valence-corrected chi connectivity index (χ2v) is 13.1. The highest BCUT2D eigenvalue weighted by Gasteiger charge is 2.81. The van der Waals surface area contributed by atoms with E-state index in [9.17, 15) is 5.11 Å². The molecule has 33 heavy (non-hydrogen) atoms. The third kappa shape index (κ3) is 2.75. The summed E-state index contributed by atoms with van der Waals surface area (Å²) in [5, 5.41) is 10.2. The highest BCUT2D eigenvalue weighted by atomic mass is 16.3. The molecule has 1 nitrogen and oxygen atoms in total. The second-order valence-electron chi connectivity index (χ2n) is 13.1. The Morgan fingerprint density at radius 1 is 1.09 bits per heavy atom. The first-order valence-corrected chi connectivity index (χ1v) is 13.5. The average molecular weight is 443 g/mol. The van der Waals surface area contributed by atoms with Crippen molar-refractivity contribution >= 4 is 0 Å². The number of aliphatic hydroxyl groups excluding tert-OH is 1. The van der Waals surface area contributed by atoms with Crippen molar-refractivity contribution in [3.05, 3.63) is 71.8 Å². The summed E-state index contributed by atoms with van der Waals surface area (Å²) < 4.78 is 0. The molecule has 1 N–H and O–H groups in total. The maximum Gasteiger partial charge on any atom is 0.0462 e. The molecule has 1 aromatic rings. The molecule has 5 aliphatic rings. The predicted octanol–water partition coefficient (Wildman–Crippen LogP) is 7.53. The van der Waals surface area contributed by atoms with Gasteiger partial charge in [-0.25, -0.2) is 0 Å². The zero-order valence-corrected chi connectivity index (χ0v) is 20.9. The van der Waals surface area contributed by atoms with Gasteiger partial charge in [0.15, 0.2) is 0 Å². The largest absolute Gasteiger partial charge is 0.396 e. The first-order valence-electron chi connectivity index (χ1n) is 13.5. The molecule has 3 saturated carbocycles. The molecular formula is C32H42O. The number of aliphatic hydroxyl groups is 1. The van der Waals surface area contributed by atoms with Crippen LogP contribution in [0.5, 0.6) is 0 Å². The fourth-order valence-electron chi connectivity index (χ4n) is 10.1. The summed E-state index contributed by atoms with van der Waals surface area (Å²) in [6.07, 6.45) is 17.9. The van der Waals surface area contributed by atoms with Gasteiger partial charge in [0.05, 0.1) is 0 Å². The first kappa shape index (κ1) is 21.9. The molecule has 5 aliphatic carbocycles. The minimum absolute atomic E-state index is 0.288. The van der Waals surface area contributed by atoms with Gasteiger partial charge in [0.1, 0.15) is 0 Å². The number of fused-ring (bicyclic) bond motifs is 1. The summed E-state index contributed by atoms with van der Waals surface area (Å²) >= 11 is 0. The third-order valence-corrected chi connectivity index (χ3v) is 11.4. The van der Waals surface area contributed by atoms with Gasteiger partial charge in [-0.15, -0.1) is 0 Å². The monoisotopic (exact) mass is 442 g/mol. The van der Waals surface area contributed by atoms with E-state index in [0.717, 1.165) is 18.3 Å². The number of allylic oxidation sites excluding steroid dienone is 5. The van der Waals surface area contributed by atoms with Crippen molar-refractivity contribution in [3.63, 3.8) is 0 Å². The summed E-state index contributed by atoms with van der Waals surface area (Å²) in [6.45, 7) is 12.6. The van der Waals surface area contributed by atoms with Crippen LogP contribution < -0.4 is 0 Å². The summed E-state index contributed by atoms with van der Waals surface area (Å²) in [7, 11) is 0. The molecule has 7 unspecified atom stereocenters. The van der Waals surface area contributed by atoms with Gasteiger partial charge in [-0.2, -0.15) is 0 Å². The Bertz CT molecular complexity index is 1010. The number of benzene rings is 1. The lowest BCUT2D eigenvalue weighted by molar-refractivity contribution is 0.0207. The van der Waals surface area contributed by atoms with Crippen LogP contribution >= 0.6 is 0 Å². The van der Waals surface area contributed by atoms with E-state index in [2.05, 4.69) is 75.9 Å². The maximum absolute atomic E-state index is 10.2. The van der Waals surface area contributed by atoms with E-state index in [-0.39, 0.29) is 5.41 Å². The van der Waals surface area contributed by atoms with E-state index in [1.165, 1.54) is 56.1 Å². The summed E-state index contributed by atoms with van der Waals surface area (Å²) in [4.78, 5) is 0. The van der Waals surface area contributed by atoms with Gasteiger partial charge in [0.25, 0.3) is 0 Å². The van der Waals surface area contributed by atoms with Crippen LogP contribution in [0.4, 0.5) is 0 Å². The Morgan fingerprint density at radius 3 is 2.61 bits per heavy atom. The fraction of sp³-hybridized carbons (Fsp3) is 0.625. The van der Waals surface area contributed by atoms with Crippen LogP contribution in [0.1, 0.15) is 71.3 Å². The fourth-order valence-corrected chi connectivity index (χ4v) is 10.1. The third-order valence-electron chi connectivity index (χ3n) is 11.4. The molecule has 2 spiro atoms. The second kappa shape index (κ2) is 7.20. The van der Waals surface area contributed by atoms with Crippen molar-refractivity contribution in [1.29, 1.82) is 0 Å². The van der Waals surface area contributed by atoms with Crippen LogP contribution in [-0.4, -0.2) is 11.7 Å². The molecule has 7 atom stereocenters. The summed E-state index contributed by atoms with van der Waals surface area (Å²) in [6, 6.07) is 10.8. The van der Waals surface area contributed by atoms with Crippen molar-refractivity contribution in [2.45, 2.75) is 72.1 Å². The number of rotatable bonds is 5. The van der Waals surface area contributed by atoms with Gasteiger partial charge in [0, 0.05) is 17.4 Å². The molecule has 6 rings (SSSR count).